The summed E-state index contributed by atoms with van der Waals surface area (Å²) in [5.41, 5.74) is 2.67. The van der Waals surface area contributed by atoms with Gasteiger partial charge >= 0.3 is 0 Å². The van der Waals surface area contributed by atoms with Crippen molar-refractivity contribution in [3.8, 4) is 38.0 Å². The van der Waals surface area contributed by atoms with Crippen LogP contribution in [-0.2, 0) is 9.84 Å². The minimum Gasteiger partial charge on any atom is -0.495 e. The number of thiazole rings is 1. The van der Waals surface area contributed by atoms with Crippen LogP contribution in [-0.4, -0.2) is 26.8 Å². The van der Waals surface area contributed by atoms with Crippen molar-refractivity contribution in [2.24, 2.45) is 0 Å². The molecule has 0 spiro atoms. The molecule has 0 aliphatic rings. The normalized spacial score (nSPS) is 11.5. The zero-order chi connectivity index (χ0) is 22.2. The smallest absolute Gasteiger partial charge is 0.176 e. The maximum absolute atomic E-state index is 12.5. The summed E-state index contributed by atoms with van der Waals surface area (Å²) in [6, 6.07) is 19.7. The number of sulfone groups is 1. The van der Waals surface area contributed by atoms with E-state index < -0.39 is 9.84 Å². The van der Waals surface area contributed by atoms with E-state index in [-0.39, 0.29) is 4.90 Å². The Morgan fingerprint density at radius 2 is 1.58 bits per heavy atom. The number of nitrogens with zero attached hydrogens (tertiary/aromatic N) is 1. The number of benzene rings is 3. The van der Waals surface area contributed by atoms with Crippen molar-refractivity contribution in [1.82, 2.24) is 4.98 Å². The highest BCUT2D eigenvalue weighted by Crippen LogP contribution is 2.44. The van der Waals surface area contributed by atoms with Gasteiger partial charge in [0.1, 0.15) is 10.8 Å². The Morgan fingerprint density at radius 1 is 0.903 bits per heavy atom. The van der Waals surface area contributed by atoms with Crippen LogP contribution in [0, 0.1) is 0 Å². The van der Waals surface area contributed by atoms with E-state index in [4.69, 9.17) is 32.9 Å². The van der Waals surface area contributed by atoms with Crippen LogP contribution >= 0.6 is 34.5 Å². The third-order valence-electron chi connectivity index (χ3n) is 4.69. The van der Waals surface area contributed by atoms with Crippen LogP contribution in [0.25, 0.3) is 32.3 Å². The fourth-order valence-corrected chi connectivity index (χ4v) is 5.79. The maximum Gasteiger partial charge on any atom is 0.176 e. The van der Waals surface area contributed by atoms with Gasteiger partial charge in [-0.05, 0) is 35.9 Å². The molecule has 0 saturated carbocycles. The lowest BCUT2D eigenvalue weighted by Crippen LogP contribution is -2.00. The molecule has 0 saturated heterocycles. The molecule has 158 valence electrons. The lowest BCUT2D eigenvalue weighted by atomic mass is 10.1. The Kier molecular flexibility index (Phi) is 6.08. The highest BCUT2D eigenvalue weighted by molar-refractivity contribution is 7.90. The molecule has 4 nitrogen and oxygen atoms in total. The van der Waals surface area contributed by atoms with Gasteiger partial charge in [0.15, 0.2) is 9.84 Å². The Bertz CT molecular complexity index is 1380. The van der Waals surface area contributed by atoms with Gasteiger partial charge in [-0.1, -0.05) is 59.6 Å². The molecular formula is C23H17Cl2NO3S2. The van der Waals surface area contributed by atoms with Gasteiger partial charge in [-0.25, -0.2) is 13.4 Å². The van der Waals surface area contributed by atoms with E-state index in [1.54, 1.807) is 49.6 Å². The van der Waals surface area contributed by atoms with Crippen LogP contribution < -0.4 is 4.74 Å². The Morgan fingerprint density at radius 3 is 2.23 bits per heavy atom. The van der Waals surface area contributed by atoms with Crippen LogP contribution in [0.4, 0.5) is 0 Å². The number of rotatable bonds is 5. The maximum atomic E-state index is 12.5. The average Bonchev–Trinajstić information content (AvgIpc) is 3.18. The molecule has 31 heavy (non-hydrogen) atoms. The molecule has 4 rings (SSSR count). The van der Waals surface area contributed by atoms with Gasteiger partial charge in [-0.2, -0.15) is 0 Å². The Balaban J connectivity index is 2.01. The quantitative estimate of drug-likeness (QED) is 0.307. The van der Waals surface area contributed by atoms with Crippen molar-refractivity contribution in [2.75, 3.05) is 13.4 Å². The second-order valence-electron chi connectivity index (χ2n) is 6.79. The number of methoxy groups -OCH3 is 1. The van der Waals surface area contributed by atoms with Gasteiger partial charge in [0, 0.05) is 17.4 Å². The van der Waals surface area contributed by atoms with E-state index in [0.29, 0.717) is 32.1 Å². The standard InChI is InChI=1S/C23H17Cl2NO3S2/c1-29-19-12-11-14(13-18(19)25)22-21(16-8-4-6-10-20(16)31(2,27)28)26-23(30-22)15-7-3-5-9-17(15)24/h3-13H,1-2H3. The molecule has 1 heterocycles. The average molecular weight is 490 g/mol. The second kappa shape index (κ2) is 8.63. The van der Waals surface area contributed by atoms with Crippen LogP contribution in [0.5, 0.6) is 5.75 Å². The summed E-state index contributed by atoms with van der Waals surface area (Å²) in [6.45, 7) is 0. The molecule has 8 heteroatoms. The van der Waals surface area contributed by atoms with Crippen LogP contribution in [0.1, 0.15) is 0 Å². The predicted molar refractivity (Wildman–Crippen MR) is 128 cm³/mol. The first-order valence-electron chi connectivity index (χ1n) is 9.18. The molecule has 4 aromatic rings. The zero-order valence-corrected chi connectivity index (χ0v) is 19.7. The van der Waals surface area contributed by atoms with Crippen LogP contribution in [0.15, 0.2) is 71.6 Å². The molecule has 0 fully saturated rings. The molecule has 0 N–H and O–H groups in total. The van der Waals surface area contributed by atoms with Gasteiger partial charge in [0.25, 0.3) is 0 Å². The highest BCUT2D eigenvalue weighted by atomic mass is 35.5. The van der Waals surface area contributed by atoms with Gasteiger partial charge in [0.2, 0.25) is 0 Å². The largest absolute Gasteiger partial charge is 0.495 e. The number of ether oxygens (including phenoxy) is 1. The van der Waals surface area contributed by atoms with Gasteiger partial charge < -0.3 is 4.74 Å². The summed E-state index contributed by atoms with van der Waals surface area (Å²) in [5.74, 6) is 0.555. The molecule has 0 amide bonds. The van der Waals surface area contributed by atoms with E-state index in [1.807, 2.05) is 24.3 Å². The molecule has 1 aromatic heterocycles. The SMILES string of the molecule is COc1ccc(-c2sc(-c3ccccc3Cl)nc2-c2ccccc2S(C)(=O)=O)cc1Cl. The molecule has 0 aliphatic heterocycles. The van der Waals surface area contributed by atoms with Crippen molar-refractivity contribution in [1.29, 1.82) is 0 Å². The Labute approximate surface area is 195 Å². The second-order valence-corrected chi connectivity index (χ2v) is 10.6. The van der Waals surface area contributed by atoms with Crippen LogP contribution in [0.2, 0.25) is 10.0 Å². The number of halogens is 2. The fraction of sp³-hybridized carbons (Fsp3) is 0.0870. The minimum atomic E-state index is -3.47. The van der Waals surface area contributed by atoms with Gasteiger partial charge in [-0.15, -0.1) is 11.3 Å². The molecule has 0 unspecified atom stereocenters. The van der Waals surface area contributed by atoms with Crippen LogP contribution in [0.3, 0.4) is 0 Å². The summed E-state index contributed by atoms with van der Waals surface area (Å²) in [4.78, 5) is 5.83. The molecule has 0 radical (unpaired) electrons. The Hall–Kier alpha value is -2.38. The summed E-state index contributed by atoms with van der Waals surface area (Å²) >= 11 is 14.2. The molecular weight excluding hydrogens is 473 g/mol. The molecule has 0 atom stereocenters. The van der Waals surface area contributed by atoms with Crippen molar-refractivity contribution in [3.63, 3.8) is 0 Å². The number of aromatic nitrogens is 1. The van der Waals surface area contributed by atoms with Gasteiger partial charge in [0.05, 0.1) is 32.6 Å². The molecule has 0 aliphatic carbocycles. The molecule has 3 aromatic carbocycles. The first kappa shape index (κ1) is 21.8. The summed E-state index contributed by atoms with van der Waals surface area (Å²) in [6.07, 6.45) is 1.19. The van der Waals surface area contributed by atoms with Crippen molar-refractivity contribution >= 4 is 44.4 Å². The summed E-state index contributed by atoms with van der Waals surface area (Å²) < 4.78 is 30.2. The first-order chi connectivity index (χ1) is 14.8. The fourth-order valence-electron chi connectivity index (χ4n) is 3.24. The lowest BCUT2D eigenvalue weighted by molar-refractivity contribution is 0.415. The van der Waals surface area contributed by atoms with E-state index in [9.17, 15) is 8.42 Å². The number of hydrogen-bond acceptors (Lipinski definition) is 5. The van der Waals surface area contributed by atoms with E-state index in [2.05, 4.69) is 0 Å². The minimum absolute atomic E-state index is 0.215. The van der Waals surface area contributed by atoms with Crippen molar-refractivity contribution in [2.45, 2.75) is 4.90 Å². The molecule has 0 bridgehead atoms. The van der Waals surface area contributed by atoms with E-state index >= 15 is 0 Å². The first-order valence-corrected chi connectivity index (χ1v) is 12.6. The van der Waals surface area contributed by atoms with Gasteiger partial charge in [-0.3, -0.25) is 0 Å². The third-order valence-corrected chi connectivity index (χ3v) is 7.60. The van der Waals surface area contributed by atoms with Crippen molar-refractivity contribution in [3.05, 3.63) is 76.8 Å². The predicted octanol–water partition coefficient (Wildman–Crippen LogP) is 6.86. The van der Waals surface area contributed by atoms with E-state index in [1.165, 1.54) is 17.6 Å². The van der Waals surface area contributed by atoms with Crippen molar-refractivity contribution < 1.29 is 13.2 Å². The monoisotopic (exact) mass is 489 g/mol. The topological polar surface area (TPSA) is 56.3 Å². The highest BCUT2D eigenvalue weighted by Gasteiger charge is 2.23. The number of hydrogen-bond donors (Lipinski definition) is 0. The summed E-state index contributed by atoms with van der Waals surface area (Å²) in [7, 11) is -1.92. The third kappa shape index (κ3) is 4.34. The zero-order valence-electron chi connectivity index (χ0n) is 16.6. The summed E-state index contributed by atoms with van der Waals surface area (Å²) in [5, 5.41) is 1.71. The van der Waals surface area contributed by atoms with E-state index in [0.717, 1.165) is 16.0 Å². The lowest BCUT2D eigenvalue weighted by Gasteiger charge is -2.09.